The number of hydrogen-bond donors (Lipinski definition) is 2. The van der Waals surface area contributed by atoms with Gasteiger partial charge in [-0.3, -0.25) is 4.79 Å². The molecule has 0 bridgehead atoms. The highest BCUT2D eigenvalue weighted by Crippen LogP contribution is 2.38. The third-order valence-corrected chi connectivity index (χ3v) is 6.60. The second-order valence-corrected chi connectivity index (χ2v) is 8.64. The van der Waals surface area contributed by atoms with Crippen molar-refractivity contribution in [2.45, 2.75) is 56.5 Å². The fraction of sp³-hybridized carbons (Fsp3) is 0.348. The predicted octanol–water partition coefficient (Wildman–Crippen LogP) is 4.50. The number of aryl methyl sites for hydroxylation is 3. The quantitative estimate of drug-likeness (QED) is 0.613. The standard InChI is InChI=1S/C23H27N5OS/c1-4-8-19-25-26-23-28(19)27-20(17-13-11-16(5-2)12-14-17)21(30-23)22(29)24-18-10-7-6-9-15(18)3/h6-7,9-14,20-21,27H,4-5,8H2,1-3H3,(H,24,29)/t20-,21+/m0/s1. The number of benzene rings is 2. The maximum Gasteiger partial charge on any atom is 0.240 e. The zero-order valence-corrected chi connectivity index (χ0v) is 18.4. The highest BCUT2D eigenvalue weighted by atomic mass is 32.2. The van der Waals surface area contributed by atoms with Gasteiger partial charge in [0.1, 0.15) is 5.25 Å². The van der Waals surface area contributed by atoms with Crippen LogP contribution < -0.4 is 10.7 Å². The van der Waals surface area contributed by atoms with Gasteiger partial charge in [-0.15, -0.1) is 10.2 Å². The number of para-hydroxylation sites is 1. The van der Waals surface area contributed by atoms with E-state index in [-0.39, 0.29) is 17.2 Å². The van der Waals surface area contributed by atoms with Crippen LogP contribution in [0.25, 0.3) is 0 Å². The number of nitrogens with zero attached hydrogens (tertiary/aromatic N) is 3. The van der Waals surface area contributed by atoms with Crippen LogP contribution in [-0.2, 0) is 17.6 Å². The van der Waals surface area contributed by atoms with Gasteiger partial charge in [0.25, 0.3) is 0 Å². The molecule has 30 heavy (non-hydrogen) atoms. The van der Waals surface area contributed by atoms with Crippen LogP contribution in [0.2, 0.25) is 0 Å². The summed E-state index contributed by atoms with van der Waals surface area (Å²) in [6, 6.07) is 16.1. The van der Waals surface area contributed by atoms with E-state index in [1.54, 1.807) is 0 Å². The Bertz CT molecular complexity index is 1030. The molecule has 4 rings (SSSR count). The Labute approximate surface area is 181 Å². The van der Waals surface area contributed by atoms with Crippen molar-refractivity contribution in [2.75, 3.05) is 10.7 Å². The minimum atomic E-state index is -0.372. The number of amides is 1. The zero-order chi connectivity index (χ0) is 21.1. The first-order valence-corrected chi connectivity index (χ1v) is 11.3. The highest BCUT2D eigenvalue weighted by Gasteiger charge is 2.37. The van der Waals surface area contributed by atoms with E-state index in [9.17, 15) is 4.79 Å². The number of anilines is 1. The first-order valence-electron chi connectivity index (χ1n) is 10.4. The first-order chi connectivity index (χ1) is 14.6. The Morgan fingerprint density at radius 3 is 2.60 bits per heavy atom. The van der Waals surface area contributed by atoms with Crippen LogP contribution >= 0.6 is 11.8 Å². The summed E-state index contributed by atoms with van der Waals surface area (Å²) >= 11 is 1.46. The molecule has 0 radical (unpaired) electrons. The first kappa shape index (κ1) is 20.5. The molecule has 0 unspecified atom stereocenters. The van der Waals surface area contributed by atoms with Crippen molar-refractivity contribution in [1.82, 2.24) is 14.9 Å². The number of hydrogen-bond acceptors (Lipinski definition) is 5. The summed E-state index contributed by atoms with van der Waals surface area (Å²) in [5.41, 5.74) is 7.75. The van der Waals surface area contributed by atoms with Crippen LogP contribution in [0.5, 0.6) is 0 Å². The van der Waals surface area contributed by atoms with Crippen LogP contribution in [0.15, 0.2) is 53.7 Å². The van der Waals surface area contributed by atoms with Crippen molar-refractivity contribution in [2.24, 2.45) is 0 Å². The van der Waals surface area contributed by atoms with E-state index < -0.39 is 0 Å². The largest absolute Gasteiger partial charge is 0.325 e. The summed E-state index contributed by atoms with van der Waals surface area (Å²) in [6.45, 7) is 6.26. The van der Waals surface area contributed by atoms with Gasteiger partial charge in [-0.25, -0.2) is 4.68 Å². The maximum atomic E-state index is 13.3. The minimum absolute atomic E-state index is 0.0438. The lowest BCUT2D eigenvalue weighted by atomic mass is 10.0. The number of carbonyl (C=O) groups is 1. The molecule has 0 saturated heterocycles. The molecule has 2 heterocycles. The Balaban J connectivity index is 1.67. The fourth-order valence-corrected chi connectivity index (χ4v) is 4.71. The monoisotopic (exact) mass is 421 g/mol. The van der Waals surface area contributed by atoms with Gasteiger partial charge >= 0.3 is 0 Å². The van der Waals surface area contributed by atoms with Crippen LogP contribution in [0.1, 0.15) is 48.8 Å². The van der Waals surface area contributed by atoms with Gasteiger partial charge in [-0.1, -0.05) is 68.1 Å². The minimum Gasteiger partial charge on any atom is -0.325 e. The number of fused-ring (bicyclic) bond motifs is 1. The van der Waals surface area contributed by atoms with E-state index in [1.165, 1.54) is 17.3 Å². The van der Waals surface area contributed by atoms with Crippen LogP contribution in [0, 0.1) is 6.92 Å². The lowest BCUT2D eigenvalue weighted by molar-refractivity contribution is -0.116. The summed E-state index contributed by atoms with van der Waals surface area (Å²) in [6.07, 6.45) is 2.81. The third-order valence-electron chi connectivity index (χ3n) is 5.39. The number of carbonyl (C=O) groups excluding carboxylic acids is 1. The van der Waals surface area contributed by atoms with Gasteiger partial charge in [-0.2, -0.15) is 0 Å². The molecule has 2 N–H and O–H groups in total. The van der Waals surface area contributed by atoms with Gasteiger partial charge in [0.2, 0.25) is 11.1 Å². The SMILES string of the molecule is CCCc1nnc2n1N[C@@H](c1ccc(CC)cc1)[C@H](C(=O)Nc1ccccc1C)S2. The number of thioether (sulfide) groups is 1. The molecule has 1 aromatic heterocycles. The van der Waals surface area contributed by atoms with E-state index in [0.717, 1.165) is 47.1 Å². The van der Waals surface area contributed by atoms with Crippen molar-refractivity contribution in [1.29, 1.82) is 0 Å². The molecule has 6 nitrogen and oxygen atoms in total. The maximum absolute atomic E-state index is 13.3. The molecule has 2 atom stereocenters. The molecule has 0 saturated carbocycles. The Hall–Kier alpha value is -2.80. The van der Waals surface area contributed by atoms with Crippen molar-refractivity contribution in [3.63, 3.8) is 0 Å². The summed E-state index contributed by atoms with van der Waals surface area (Å²) in [5.74, 6) is 0.852. The average molecular weight is 422 g/mol. The normalized spacial score (nSPS) is 17.8. The second-order valence-electron chi connectivity index (χ2n) is 7.53. The topological polar surface area (TPSA) is 71.8 Å². The Kier molecular flexibility index (Phi) is 6.08. The van der Waals surface area contributed by atoms with Gasteiger partial charge in [0.15, 0.2) is 5.82 Å². The Morgan fingerprint density at radius 1 is 1.13 bits per heavy atom. The molecule has 156 valence electrons. The van der Waals surface area contributed by atoms with Gasteiger partial charge in [-0.05, 0) is 42.5 Å². The lowest BCUT2D eigenvalue weighted by Crippen LogP contribution is -2.41. The molecule has 1 aliphatic rings. The molecule has 1 aliphatic heterocycles. The smallest absolute Gasteiger partial charge is 0.240 e. The van der Waals surface area contributed by atoms with Crippen molar-refractivity contribution >= 4 is 23.4 Å². The van der Waals surface area contributed by atoms with E-state index in [4.69, 9.17) is 0 Å². The average Bonchev–Trinajstić information content (AvgIpc) is 3.16. The van der Waals surface area contributed by atoms with E-state index >= 15 is 0 Å². The van der Waals surface area contributed by atoms with Gasteiger partial charge in [0.05, 0.1) is 6.04 Å². The van der Waals surface area contributed by atoms with E-state index in [1.807, 2.05) is 35.9 Å². The van der Waals surface area contributed by atoms with Gasteiger partial charge < -0.3 is 10.7 Å². The van der Waals surface area contributed by atoms with Crippen LogP contribution in [0.3, 0.4) is 0 Å². The molecule has 0 spiro atoms. The lowest BCUT2D eigenvalue weighted by Gasteiger charge is -2.33. The summed E-state index contributed by atoms with van der Waals surface area (Å²) in [5, 5.41) is 12.1. The number of rotatable bonds is 6. The predicted molar refractivity (Wildman–Crippen MR) is 121 cm³/mol. The van der Waals surface area contributed by atoms with Gasteiger partial charge in [0, 0.05) is 12.1 Å². The highest BCUT2D eigenvalue weighted by molar-refractivity contribution is 8.00. The van der Waals surface area contributed by atoms with Crippen molar-refractivity contribution < 1.29 is 4.79 Å². The molecular formula is C23H27N5OS. The number of aromatic nitrogens is 3. The molecule has 2 aromatic carbocycles. The Morgan fingerprint density at radius 2 is 1.90 bits per heavy atom. The molecule has 0 fully saturated rings. The molecule has 0 aliphatic carbocycles. The molecule has 1 amide bonds. The zero-order valence-electron chi connectivity index (χ0n) is 17.6. The molecular weight excluding hydrogens is 394 g/mol. The van der Waals surface area contributed by atoms with Crippen LogP contribution in [-0.4, -0.2) is 26.0 Å². The van der Waals surface area contributed by atoms with E-state index in [2.05, 4.69) is 59.1 Å². The second kappa shape index (κ2) is 8.92. The summed E-state index contributed by atoms with van der Waals surface area (Å²) < 4.78 is 1.95. The number of nitrogens with one attached hydrogen (secondary N) is 2. The third kappa shape index (κ3) is 4.07. The van der Waals surface area contributed by atoms with Crippen molar-refractivity contribution in [3.8, 4) is 0 Å². The fourth-order valence-electron chi connectivity index (χ4n) is 3.61. The van der Waals surface area contributed by atoms with Crippen LogP contribution in [0.4, 0.5) is 5.69 Å². The summed E-state index contributed by atoms with van der Waals surface area (Å²) in [4.78, 5) is 13.3. The van der Waals surface area contributed by atoms with E-state index in [0.29, 0.717) is 0 Å². The molecule has 3 aromatic rings. The van der Waals surface area contributed by atoms with Crippen molar-refractivity contribution in [3.05, 3.63) is 71.0 Å². The molecule has 7 heteroatoms. The summed E-state index contributed by atoms with van der Waals surface area (Å²) in [7, 11) is 0.